The Morgan fingerprint density at radius 3 is 3.00 bits per heavy atom. The fourth-order valence-electron chi connectivity index (χ4n) is 2.50. The highest BCUT2D eigenvalue weighted by atomic mass is 16.5. The Morgan fingerprint density at radius 2 is 2.20 bits per heavy atom. The third-order valence-electron chi connectivity index (χ3n) is 3.35. The predicted octanol–water partition coefficient (Wildman–Crippen LogP) is 0.881. The van der Waals surface area contributed by atoms with Crippen molar-refractivity contribution in [2.45, 2.75) is 6.92 Å². The van der Waals surface area contributed by atoms with Gasteiger partial charge in [-0.1, -0.05) is 12.1 Å². The van der Waals surface area contributed by atoms with E-state index in [1.54, 1.807) is 4.90 Å². The number of anilines is 1. The third-order valence-corrected chi connectivity index (χ3v) is 3.35. The van der Waals surface area contributed by atoms with Crippen molar-refractivity contribution in [3.8, 4) is 0 Å². The first-order valence-electron chi connectivity index (χ1n) is 6.55. The first-order valence-corrected chi connectivity index (χ1v) is 6.55. The number of guanidine groups is 1. The minimum absolute atomic E-state index is 0.0133. The molecule has 104 valence electrons. The lowest BCUT2D eigenvalue weighted by Crippen LogP contribution is -2.50. The van der Waals surface area contributed by atoms with Crippen molar-refractivity contribution in [3.63, 3.8) is 0 Å². The van der Waals surface area contributed by atoms with Crippen LogP contribution >= 0.6 is 0 Å². The summed E-state index contributed by atoms with van der Waals surface area (Å²) in [6.07, 6.45) is 0. The minimum Gasteiger partial charge on any atom is -0.464 e. The molecule has 0 fully saturated rings. The fourth-order valence-corrected chi connectivity index (χ4v) is 2.50. The number of nitrogens with zero attached hydrogens (tertiary/aromatic N) is 3. The van der Waals surface area contributed by atoms with Crippen molar-refractivity contribution in [1.82, 2.24) is 4.90 Å². The van der Waals surface area contributed by atoms with Crippen LogP contribution in [0.15, 0.2) is 29.3 Å². The third kappa shape index (κ3) is 2.03. The molecule has 2 aliphatic rings. The van der Waals surface area contributed by atoms with Gasteiger partial charge >= 0.3 is 5.97 Å². The van der Waals surface area contributed by atoms with E-state index in [0.29, 0.717) is 31.2 Å². The van der Waals surface area contributed by atoms with Crippen molar-refractivity contribution in [2.24, 2.45) is 4.99 Å². The van der Waals surface area contributed by atoms with Gasteiger partial charge in [-0.2, -0.15) is 0 Å². The molecule has 0 N–H and O–H groups in total. The maximum absolute atomic E-state index is 12.4. The van der Waals surface area contributed by atoms with Gasteiger partial charge in [0.05, 0.1) is 24.3 Å². The van der Waals surface area contributed by atoms with Gasteiger partial charge in [-0.3, -0.25) is 19.5 Å². The number of hydrogen-bond acceptors (Lipinski definition) is 5. The smallest absolute Gasteiger partial charge is 0.302 e. The number of esters is 1. The summed E-state index contributed by atoms with van der Waals surface area (Å²) >= 11 is 0. The second-order valence-electron chi connectivity index (χ2n) is 4.65. The number of ether oxygens (including phenoxy) is 1. The van der Waals surface area contributed by atoms with Crippen LogP contribution < -0.4 is 4.90 Å². The standard InChI is InChI=1S/C14H15N3O3/c1-10(18)20-9-8-16-12-5-3-2-4-11(12)13(19)17-7-6-15-14(16)17/h2-5H,6-9H2,1H3. The lowest BCUT2D eigenvalue weighted by atomic mass is 10.1. The fraction of sp³-hybridized carbons (Fsp3) is 0.357. The van der Waals surface area contributed by atoms with Gasteiger partial charge in [0.1, 0.15) is 6.61 Å². The van der Waals surface area contributed by atoms with E-state index in [1.165, 1.54) is 6.92 Å². The molecule has 2 heterocycles. The molecular formula is C14H15N3O3. The van der Waals surface area contributed by atoms with Crippen LogP contribution in [0.4, 0.5) is 5.69 Å². The molecule has 0 unspecified atom stereocenters. The Labute approximate surface area is 116 Å². The summed E-state index contributed by atoms with van der Waals surface area (Å²) in [5.74, 6) is 0.332. The molecule has 1 amide bonds. The van der Waals surface area contributed by atoms with E-state index < -0.39 is 0 Å². The summed E-state index contributed by atoms with van der Waals surface area (Å²) in [6, 6.07) is 7.43. The van der Waals surface area contributed by atoms with Gasteiger partial charge < -0.3 is 9.64 Å². The Balaban J connectivity index is 1.91. The Hall–Kier alpha value is -2.37. The van der Waals surface area contributed by atoms with Crippen LogP contribution in [0.3, 0.4) is 0 Å². The molecule has 1 aromatic carbocycles. The zero-order valence-corrected chi connectivity index (χ0v) is 11.2. The number of benzene rings is 1. The van der Waals surface area contributed by atoms with Crippen molar-refractivity contribution in [1.29, 1.82) is 0 Å². The van der Waals surface area contributed by atoms with E-state index in [4.69, 9.17) is 4.74 Å². The molecule has 2 aliphatic heterocycles. The number of hydrogen-bond donors (Lipinski definition) is 0. The highest BCUT2D eigenvalue weighted by Crippen LogP contribution is 2.29. The maximum Gasteiger partial charge on any atom is 0.302 e. The highest BCUT2D eigenvalue weighted by Gasteiger charge is 2.36. The quantitative estimate of drug-likeness (QED) is 0.767. The number of aliphatic imine (C=N–C) groups is 1. The van der Waals surface area contributed by atoms with Crippen molar-refractivity contribution >= 4 is 23.5 Å². The van der Waals surface area contributed by atoms with E-state index in [-0.39, 0.29) is 18.5 Å². The van der Waals surface area contributed by atoms with E-state index in [9.17, 15) is 9.59 Å². The van der Waals surface area contributed by atoms with Crippen molar-refractivity contribution < 1.29 is 14.3 Å². The molecule has 3 rings (SSSR count). The molecule has 0 saturated carbocycles. The predicted molar refractivity (Wildman–Crippen MR) is 73.8 cm³/mol. The second-order valence-corrected chi connectivity index (χ2v) is 4.65. The Kier molecular flexibility index (Phi) is 3.14. The van der Waals surface area contributed by atoms with Gasteiger partial charge in [0.2, 0.25) is 5.96 Å². The number of rotatable bonds is 3. The largest absolute Gasteiger partial charge is 0.464 e. The van der Waals surface area contributed by atoms with Crippen LogP contribution in [-0.4, -0.2) is 49.0 Å². The molecule has 6 nitrogen and oxygen atoms in total. The Morgan fingerprint density at radius 1 is 1.40 bits per heavy atom. The van der Waals surface area contributed by atoms with E-state index in [0.717, 1.165) is 5.69 Å². The van der Waals surface area contributed by atoms with Crippen LogP contribution in [0.5, 0.6) is 0 Å². The van der Waals surface area contributed by atoms with Gasteiger partial charge in [-0.25, -0.2) is 0 Å². The van der Waals surface area contributed by atoms with Gasteiger partial charge in [0.15, 0.2) is 0 Å². The summed E-state index contributed by atoms with van der Waals surface area (Å²) in [4.78, 5) is 31.2. The zero-order chi connectivity index (χ0) is 14.1. The molecule has 0 aromatic heterocycles. The number of carbonyl (C=O) groups excluding carboxylic acids is 2. The molecular weight excluding hydrogens is 258 g/mol. The average Bonchev–Trinajstić information content (AvgIpc) is 2.92. The summed E-state index contributed by atoms with van der Waals surface area (Å²) in [5.41, 5.74) is 1.48. The summed E-state index contributed by atoms with van der Waals surface area (Å²) in [5, 5.41) is 0. The number of fused-ring (bicyclic) bond motifs is 2. The first kappa shape index (κ1) is 12.7. The Bertz CT molecular complexity index is 597. The van der Waals surface area contributed by atoms with Crippen LogP contribution in [0.1, 0.15) is 17.3 Å². The van der Waals surface area contributed by atoms with Crippen molar-refractivity contribution in [2.75, 3.05) is 31.1 Å². The van der Waals surface area contributed by atoms with E-state index >= 15 is 0 Å². The molecule has 0 saturated heterocycles. The van der Waals surface area contributed by atoms with E-state index in [1.807, 2.05) is 29.2 Å². The molecule has 0 aliphatic carbocycles. The summed E-state index contributed by atoms with van der Waals surface area (Å²) in [6.45, 7) is 3.35. The highest BCUT2D eigenvalue weighted by molar-refractivity contribution is 6.19. The average molecular weight is 273 g/mol. The summed E-state index contributed by atoms with van der Waals surface area (Å²) < 4.78 is 5.00. The number of carbonyl (C=O) groups is 2. The molecule has 0 radical (unpaired) electrons. The van der Waals surface area contributed by atoms with Gasteiger partial charge in [-0.05, 0) is 12.1 Å². The zero-order valence-electron chi connectivity index (χ0n) is 11.2. The van der Waals surface area contributed by atoms with Crippen LogP contribution in [-0.2, 0) is 9.53 Å². The molecule has 0 bridgehead atoms. The van der Waals surface area contributed by atoms with Crippen LogP contribution in [0.2, 0.25) is 0 Å². The number of amides is 1. The van der Waals surface area contributed by atoms with E-state index in [2.05, 4.69) is 4.99 Å². The summed E-state index contributed by atoms with van der Waals surface area (Å²) in [7, 11) is 0. The van der Waals surface area contributed by atoms with Crippen LogP contribution in [0, 0.1) is 0 Å². The normalized spacial score (nSPS) is 16.6. The second kappa shape index (κ2) is 4.96. The molecule has 0 atom stereocenters. The first-order chi connectivity index (χ1) is 9.68. The van der Waals surface area contributed by atoms with Crippen LogP contribution in [0.25, 0.3) is 0 Å². The maximum atomic E-state index is 12.4. The van der Waals surface area contributed by atoms with Gasteiger partial charge in [-0.15, -0.1) is 0 Å². The lowest BCUT2D eigenvalue weighted by Gasteiger charge is -2.35. The van der Waals surface area contributed by atoms with Gasteiger partial charge in [0, 0.05) is 13.5 Å². The molecule has 6 heteroatoms. The monoisotopic (exact) mass is 273 g/mol. The topological polar surface area (TPSA) is 62.2 Å². The van der Waals surface area contributed by atoms with Crippen molar-refractivity contribution in [3.05, 3.63) is 29.8 Å². The molecule has 0 spiro atoms. The lowest BCUT2D eigenvalue weighted by molar-refractivity contribution is -0.140. The SMILES string of the molecule is CC(=O)OCCN1C2=NCCN2C(=O)c2ccccc21. The minimum atomic E-state index is -0.309. The molecule has 1 aromatic rings. The number of para-hydroxylation sites is 1. The molecule has 20 heavy (non-hydrogen) atoms. The van der Waals surface area contributed by atoms with Gasteiger partial charge in [0.25, 0.3) is 5.91 Å².